The Morgan fingerprint density at radius 2 is 2.35 bits per heavy atom. The average molecular weight is 236 g/mol. The van der Waals surface area contributed by atoms with Gasteiger partial charge >= 0.3 is 0 Å². The van der Waals surface area contributed by atoms with Crippen LogP contribution in [-0.4, -0.2) is 28.6 Å². The van der Waals surface area contributed by atoms with E-state index in [0.717, 1.165) is 18.5 Å². The second-order valence-corrected chi connectivity index (χ2v) is 4.19. The summed E-state index contributed by atoms with van der Waals surface area (Å²) >= 11 is 0. The fraction of sp³-hybridized carbons (Fsp3) is 0.500. The van der Waals surface area contributed by atoms with Gasteiger partial charge in [-0.15, -0.1) is 0 Å². The molecule has 0 unspecified atom stereocenters. The molecule has 1 aromatic rings. The zero-order valence-electron chi connectivity index (χ0n) is 9.77. The van der Waals surface area contributed by atoms with E-state index >= 15 is 0 Å². The molecule has 1 aliphatic rings. The number of pyridine rings is 1. The molecule has 1 aromatic heterocycles. The summed E-state index contributed by atoms with van der Waals surface area (Å²) in [6.45, 7) is 1.61. The number of rotatable bonds is 5. The highest BCUT2D eigenvalue weighted by molar-refractivity contribution is 5.78. The van der Waals surface area contributed by atoms with E-state index in [9.17, 15) is 4.79 Å². The number of amides is 1. The van der Waals surface area contributed by atoms with Gasteiger partial charge in [-0.3, -0.25) is 9.78 Å². The number of aryl methyl sites for hydroxylation is 1. The molecule has 1 aliphatic carbocycles. The highest BCUT2D eigenvalue weighted by Gasteiger charge is 2.23. The van der Waals surface area contributed by atoms with Crippen molar-refractivity contribution in [3.8, 4) is 5.75 Å². The molecule has 0 aliphatic heterocycles. The molecular weight excluding hydrogens is 220 g/mol. The van der Waals surface area contributed by atoms with Gasteiger partial charge in [-0.25, -0.2) is 0 Å². The number of nitrogens with one attached hydrogen (secondary N) is 1. The van der Waals surface area contributed by atoms with E-state index < -0.39 is 0 Å². The normalized spacial score (nSPS) is 14.5. The number of ether oxygens (including phenoxy) is 1. The smallest absolute Gasteiger partial charge is 0.258 e. The molecule has 92 valence electrons. The molecule has 17 heavy (non-hydrogen) atoms. The van der Waals surface area contributed by atoms with Gasteiger partial charge in [0.05, 0.1) is 6.61 Å². The van der Waals surface area contributed by atoms with E-state index in [1.54, 1.807) is 12.1 Å². The van der Waals surface area contributed by atoms with E-state index in [2.05, 4.69) is 10.3 Å². The molecule has 5 nitrogen and oxygen atoms in total. The Morgan fingerprint density at radius 1 is 1.59 bits per heavy atom. The molecule has 0 bridgehead atoms. The highest BCUT2D eigenvalue weighted by Crippen LogP contribution is 2.19. The fourth-order valence-electron chi connectivity index (χ4n) is 1.48. The Balaban J connectivity index is 1.90. The van der Waals surface area contributed by atoms with Crippen molar-refractivity contribution in [3.05, 3.63) is 23.5 Å². The lowest BCUT2D eigenvalue weighted by Crippen LogP contribution is -2.30. The van der Waals surface area contributed by atoms with E-state index in [4.69, 9.17) is 9.84 Å². The average Bonchev–Trinajstić information content (AvgIpc) is 3.11. The van der Waals surface area contributed by atoms with Crippen LogP contribution in [0.3, 0.4) is 0 Å². The number of nitrogens with zero attached hydrogens (tertiary/aromatic N) is 1. The van der Waals surface area contributed by atoms with Crippen molar-refractivity contribution in [2.24, 2.45) is 0 Å². The number of carbonyl (C=O) groups excluding carboxylic acids is 1. The fourth-order valence-corrected chi connectivity index (χ4v) is 1.48. The molecule has 0 spiro atoms. The van der Waals surface area contributed by atoms with Crippen LogP contribution in [0, 0.1) is 6.92 Å². The van der Waals surface area contributed by atoms with Crippen LogP contribution < -0.4 is 10.1 Å². The predicted molar refractivity (Wildman–Crippen MR) is 61.6 cm³/mol. The largest absolute Gasteiger partial charge is 0.482 e. The van der Waals surface area contributed by atoms with Gasteiger partial charge in [-0.05, 0) is 31.9 Å². The maximum atomic E-state index is 11.4. The lowest BCUT2D eigenvalue weighted by Gasteiger charge is -2.09. The van der Waals surface area contributed by atoms with Crippen molar-refractivity contribution >= 4 is 5.91 Å². The molecule has 0 aromatic carbocycles. The Morgan fingerprint density at radius 3 is 3.00 bits per heavy atom. The Labute approximate surface area is 99.8 Å². The van der Waals surface area contributed by atoms with E-state index in [1.807, 2.05) is 6.92 Å². The van der Waals surface area contributed by atoms with Gasteiger partial charge in [0.25, 0.3) is 5.91 Å². The van der Waals surface area contributed by atoms with Gasteiger partial charge in [-0.2, -0.15) is 0 Å². The van der Waals surface area contributed by atoms with Crippen LogP contribution in [0.25, 0.3) is 0 Å². The summed E-state index contributed by atoms with van der Waals surface area (Å²) in [5, 5.41) is 11.9. The van der Waals surface area contributed by atoms with Crippen molar-refractivity contribution in [1.82, 2.24) is 10.3 Å². The quantitative estimate of drug-likeness (QED) is 0.782. The zero-order chi connectivity index (χ0) is 12.3. The van der Waals surface area contributed by atoms with Crippen LogP contribution in [0.1, 0.15) is 24.2 Å². The standard InChI is InChI=1S/C12H16N2O3/c1-8-2-5-11(10(6-15)13-8)17-7-12(16)14-9-3-4-9/h2,5,9,15H,3-4,6-7H2,1H3,(H,14,16). The van der Waals surface area contributed by atoms with Crippen LogP contribution in [0.15, 0.2) is 12.1 Å². The first-order valence-corrected chi connectivity index (χ1v) is 5.68. The van der Waals surface area contributed by atoms with Crippen molar-refractivity contribution in [2.75, 3.05) is 6.61 Å². The van der Waals surface area contributed by atoms with Crippen molar-refractivity contribution in [2.45, 2.75) is 32.4 Å². The summed E-state index contributed by atoms with van der Waals surface area (Å²) in [6.07, 6.45) is 2.11. The third-order valence-electron chi connectivity index (χ3n) is 2.52. The molecule has 1 fully saturated rings. The predicted octanol–water partition coefficient (Wildman–Crippen LogP) is 0.540. The van der Waals surface area contributed by atoms with Crippen LogP contribution in [0.5, 0.6) is 5.75 Å². The van der Waals surface area contributed by atoms with Crippen LogP contribution in [0.2, 0.25) is 0 Å². The minimum absolute atomic E-state index is 0.0335. The molecule has 1 amide bonds. The van der Waals surface area contributed by atoms with Crippen molar-refractivity contribution < 1.29 is 14.6 Å². The second kappa shape index (κ2) is 5.14. The lowest BCUT2D eigenvalue weighted by atomic mass is 10.3. The third-order valence-corrected chi connectivity index (χ3v) is 2.52. The van der Waals surface area contributed by atoms with Crippen LogP contribution in [0.4, 0.5) is 0 Å². The molecule has 1 saturated carbocycles. The summed E-state index contributed by atoms with van der Waals surface area (Å²) in [5.74, 6) is 0.334. The monoisotopic (exact) mass is 236 g/mol. The lowest BCUT2D eigenvalue weighted by molar-refractivity contribution is -0.123. The number of aliphatic hydroxyl groups is 1. The summed E-state index contributed by atoms with van der Waals surface area (Å²) < 4.78 is 5.34. The molecule has 0 atom stereocenters. The zero-order valence-corrected chi connectivity index (χ0v) is 9.77. The van der Waals surface area contributed by atoms with Gasteiger partial charge in [0.1, 0.15) is 11.4 Å². The Kier molecular flexibility index (Phi) is 3.58. The molecule has 0 saturated heterocycles. The number of aliphatic hydroxyl groups excluding tert-OH is 1. The summed E-state index contributed by atoms with van der Waals surface area (Å²) in [4.78, 5) is 15.6. The van der Waals surface area contributed by atoms with Gasteiger partial charge < -0.3 is 15.2 Å². The Hall–Kier alpha value is -1.62. The van der Waals surface area contributed by atoms with E-state index in [0.29, 0.717) is 17.5 Å². The van der Waals surface area contributed by atoms with Gasteiger partial charge in [0, 0.05) is 11.7 Å². The maximum Gasteiger partial charge on any atom is 0.258 e. The summed E-state index contributed by atoms with van der Waals surface area (Å²) in [6, 6.07) is 3.84. The minimum Gasteiger partial charge on any atom is -0.482 e. The number of hydrogen-bond acceptors (Lipinski definition) is 4. The maximum absolute atomic E-state index is 11.4. The number of carbonyl (C=O) groups is 1. The van der Waals surface area contributed by atoms with Crippen molar-refractivity contribution in [1.29, 1.82) is 0 Å². The van der Waals surface area contributed by atoms with E-state index in [-0.39, 0.29) is 19.1 Å². The SMILES string of the molecule is Cc1ccc(OCC(=O)NC2CC2)c(CO)n1. The Bertz CT molecular complexity index is 416. The van der Waals surface area contributed by atoms with Gasteiger partial charge in [0.15, 0.2) is 6.61 Å². The van der Waals surface area contributed by atoms with Crippen molar-refractivity contribution in [3.63, 3.8) is 0 Å². The number of aromatic nitrogens is 1. The minimum atomic E-state index is -0.193. The molecular formula is C12H16N2O3. The van der Waals surface area contributed by atoms with Gasteiger partial charge in [0.2, 0.25) is 0 Å². The second-order valence-electron chi connectivity index (χ2n) is 4.19. The molecule has 0 radical (unpaired) electrons. The van der Waals surface area contributed by atoms with Crippen LogP contribution >= 0.6 is 0 Å². The summed E-state index contributed by atoms with van der Waals surface area (Å²) in [7, 11) is 0. The summed E-state index contributed by atoms with van der Waals surface area (Å²) in [5.41, 5.74) is 1.27. The first-order chi connectivity index (χ1) is 8.19. The molecule has 2 N–H and O–H groups in total. The topological polar surface area (TPSA) is 71.5 Å². The van der Waals surface area contributed by atoms with E-state index in [1.165, 1.54) is 0 Å². The highest BCUT2D eigenvalue weighted by atomic mass is 16.5. The first-order valence-electron chi connectivity index (χ1n) is 5.68. The first kappa shape index (κ1) is 11.9. The molecule has 5 heteroatoms. The van der Waals surface area contributed by atoms with Crippen LogP contribution in [-0.2, 0) is 11.4 Å². The molecule has 1 heterocycles. The van der Waals surface area contributed by atoms with Gasteiger partial charge in [-0.1, -0.05) is 0 Å². The third kappa shape index (κ3) is 3.42. The molecule has 2 rings (SSSR count). The number of hydrogen-bond donors (Lipinski definition) is 2.